The van der Waals surface area contributed by atoms with Gasteiger partial charge in [0.15, 0.2) is 0 Å². The van der Waals surface area contributed by atoms with Crippen LogP contribution in [-0.4, -0.2) is 86.6 Å². The largest absolute Gasteiger partial charge is 0.494 e. The van der Waals surface area contributed by atoms with E-state index >= 15 is 0 Å². The lowest BCUT2D eigenvalue weighted by atomic mass is 9.70. The standard InChI is InChI=1S/C33H47N3O5S/c1-9-18-34(22-12-14-23(15-13-22)41-11-3)29(38)26-25-16-17-33(42-25)27(26)30(39)36(24(20-37)21(4)5)28(33)31(40)35(19-10-2)32(6,7)8/h9-10,12-15,21,24-28,37H,1-2,11,16-20H2,3-8H3/t24-,25+,26-,27-,28?,33?/m0/s1. The summed E-state index contributed by atoms with van der Waals surface area (Å²) in [5, 5.41) is 10.4. The van der Waals surface area contributed by atoms with E-state index in [-0.39, 0.29) is 35.5 Å². The minimum absolute atomic E-state index is 0.0759. The van der Waals surface area contributed by atoms with E-state index in [0.717, 1.165) is 12.2 Å². The van der Waals surface area contributed by atoms with Crippen molar-refractivity contribution in [1.29, 1.82) is 0 Å². The Kier molecular flexibility index (Phi) is 9.53. The van der Waals surface area contributed by atoms with Crippen LogP contribution in [0.4, 0.5) is 5.69 Å². The molecular weight excluding hydrogens is 550 g/mol. The smallest absolute Gasteiger partial charge is 0.247 e. The lowest BCUT2D eigenvalue weighted by Crippen LogP contribution is -2.61. The number of rotatable bonds is 12. The van der Waals surface area contributed by atoms with Crippen LogP contribution >= 0.6 is 11.8 Å². The number of likely N-dealkylation sites (tertiary alicyclic amines) is 1. The van der Waals surface area contributed by atoms with Crippen molar-refractivity contribution in [3.05, 3.63) is 49.6 Å². The number of ether oxygens (including phenoxy) is 1. The molecule has 8 nitrogen and oxygen atoms in total. The van der Waals surface area contributed by atoms with Gasteiger partial charge in [-0.15, -0.1) is 24.9 Å². The zero-order valence-electron chi connectivity index (χ0n) is 25.9. The Morgan fingerprint density at radius 1 is 1.17 bits per heavy atom. The van der Waals surface area contributed by atoms with E-state index in [2.05, 4.69) is 13.2 Å². The molecule has 0 aliphatic carbocycles. The summed E-state index contributed by atoms with van der Waals surface area (Å²) in [6.45, 7) is 20.5. The van der Waals surface area contributed by atoms with Crippen LogP contribution in [-0.2, 0) is 14.4 Å². The van der Waals surface area contributed by atoms with Crippen LogP contribution in [0.2, 0.25) is 0 Å². The maximum atomic E-state index is 14.6. The molecule has 1 aromatic rings. The van der Waals surface area contributed by atoms with E-state index in [1.165, 1.54) is 0 Å². The highest BCUT2D eigenvalue weighted by Gasteiger charge is 2.75. The molecule has 9 heteroatoms. The summed E-state index contributed by atoms with van der Waals surface area (Å²) in [5.41, 5.74) is 0.201. The first-order chi connectivity index (χ1) is 19.9. The summed E-state index contributed by atoms with van der Waals surface area (Å²) in [6, 6.07) is 6.07. The molecule has 1 spiro atoms. The first-order valence-corrected chi connectivity index (χ1v) is 15.9. The molecule has 230 valence electrons. The van der Waals surface area contributed by atoms with Gasteiger partial charge < -0.3 is 24.5 Å². The lowest BCUT2D eigenvalue weighted by molar-refractivity contribution is -0.149. The van der Waals surface area contributed by atoms with Gasteiger partial charge in [-0.3, -0.25) is 14.4 Å². The molecule has 0 aromatic heterocycles. The number of carbonyl (C=O) groups excluding carboxylic acids is 3. The second-order valence-corrected chi connectivity index (χ2v) is 14.5. The Morgan fingerprint density at radius 3 is 2.33 bits per heavy atom. The predicted molar refractivity (Wildman–Crippen MR) is 168 cm³/mol. The summed E-state index contributed by atoms with van der Waals surface area (Å²) in [7, 11) is 0. The molecule has 3 saturated heterocycles. The second kappa shape index (κ2) is 12.4. The SMILES string of the molecule is C=CCN(C(=O)[C@@H]1[C@H]2C(=O)N([C@@H](CO)C(C)C)C(C(=O)N(CC=C)C(C)(C)C)C23CC[C@H]1S3)c1ccc(OCC)cc1. The van der Waals surface area contributed by atoms with E-state index in [1.807, 2.05) is 65.8 Å². The van der Waals surface area contributed by atoms with Crippen LogP contribution in [0, 0.1) is 17.8 Å². The summed E-state index contributed by atoms with van der Waals surface area (Å²) in [5.74, 6) is -1.08. The number of hydrogen-bond donors (Lipinski definition) is 1. The number of hydrogen-bond acceptors (Lipinski definition) is 6. The van der Waals surface area contributed by atoms with Crippen molar-refractivity contribution < 1.29 is 24.2 Å². The molecule has 3 aliphatic rings. The molecule has 6 atom stereocenters. The topological polar surface area (TPSA) is 90.4 Å². The van der Waals surface area contributed by atoms with Gasteiger partial charge in [0, 0.05) is 29.6 Å². The van der Waals surface area contributed by atoms with Crippen LogP contribution in [0.1, 0.15) is 54.4 Å². The molecule has 2 unspecified atom stereocenters. The summed E-state index contributed by atoms with van der Waals surface area (Å²) < 4.78 is 4.84. The number of aliphatic hydroxyl groups is 1. The third-order valence-corrected chi connectivity index (χ3v) is 10.9. The molecule has 4 rings (SSSR count). The van der Waals surface area contributed by atoms with Crippen LogP contribution in [0.15, 0.2) is 49.6 Å². The maximum absolute atomic E-state index is 14.6. The fourth-order valence-electron chi connectivity index (χ4n) is 7.12. The Hall–Kier alpha value is -2.78. The Labute approximate surface area is 255 Å². The number of aliphatic hydroxyl groups excluding tert-OH is 1. The van der Waals surface area contributed by atoms with Crippen molar-refractivity contribution in [2.45, 2.75) is 82.0 Å². The number of carbonyl (C=O) groups is 3. The average Bonchev–Trinajstić information content (AvgIpc) is 3.58. The van der Waals surface area contributed by atoms with Crippen molar-refractivity contribution in [2.75, 3.05) is 31.2 Å². The normalized spacial score (nSPS) is 27.1. The third-order valence-electron chi connectivity index (χ3n) is 9.00. The van der Waals surface area contributed by atoms with Crippen molar-refractivity contribution in [3.8, 4) is 5.75 Å². The van der Waals surface area contributed by atoms with Crippen molar-refractivity contribution in [2.24, 2.45) is 17.8 Å². The zero-order valence-corrected chi connectivity index (χ0v) is 26.7. The molecule has 2 bridgehead atoms. The quantitative estimate of drug-likeness (QED) is 0.356. The Morgan fingerprint density at radius 2 is 1.81 bits per heavy atom. The summed E-state index contributed by atoms with van der Waals surface area (Å²) in [6.07, 6.45) is 4.82. The molecule has 3 aliphatic heterocycles. The average molecular weight is 598 g/mol. The molecule has 3 amide bonds. The fourth-order valence-corrected chi connectivity index (χ4v) is 9.31. The first kappa shape index (κ1) is 32.1. The minimum atomic E-state index is -0.778. The molecule has 42 heavy (non-hydrogen) atoms. The Balaban J connectivity index is 1.79. The highest BCUT2D eigenvalue weighted by molar-refractivity contribution is 8.02. The van der Waals surface area contributed by atoms with E-state index in [0.29, 0.717) is 31.8 Å². The van der Waals surface area contributed by atoms with E-state index in [1.54, 1.807) is 38.6 Å². The number of nitrogens with zero attached hydrogens (tertiary/aromatic N) is 3. The van der Waals surface area contributed by atoms with Gasteiger partial charge in [-0.25, -0.2) is 0 Å². The van der Waals surface area contributed by atoms with Gasteiger partial charge in [-0.2, -0.15) is 0 Å². The number of thioether (sulfide) groups is 1. The highest BCUT2D eigenvalue weighted by Crippen LogP contribution is 2.67. The third kappa shape index (κ3) is 5.39. The second-order valence-electron chi connectivity index (χ2n) is 12.9. The van der Waals surface area contributed by atoms with Crippen molar-refractivity contribution in [1.82, 2.24) is 9.80 Å². The minimum Gasteiger partial charge on any atom is -0.494 e. The Bertz CT molecular complexity index is 1200. The fraction of sp³-hybridized carbons (Fsp3) is 0.606. The van der Waals surface area contributed by atoms with Crippen LogP contribution < -0.4 is 9.64 Å². The van der Waals surface area contributed by atoms with Crippen molar-refractivity contribution >= 4 is 35.2 Å². The van der Waals surface area contributed by atoms with Crippen LogP contribution in [0.25, 0.3) is 0 Å². The molecule has 1 N–H and O–H groups in total. The highest BCUT2D eigenvalue weighted by atomic mass is 32.2. The number of benzene rings is 1. The van der Waals surface area contributed by atoms with E-state index in [4.69, 9.17) is 4.74 Å². The maximum Gasteiger partial charge on any atom is 0.247 e. The zero-order chi connectivity index (χ0) is 31.0. The molecule has 3 fully saturated rings. The predicted octanol–water partition coefficient (Wildman–Crippen LogP) is 4.53. The van der Waals surface area contributed by atoms with Gasteiger partial charge in [-0.1, -0.05) is 26.0 Å². The van der Waals surface area contributed by atoms with Crippen LogP contribution in [0.3, 0.4) is 0 Å². The van der Waals surface area contributed by atoms with Gasteiger partial charge in [0.2, 0.25) is 17.7 Å². The molecule has 0 saturated carbocycles. The lowest BCUT2D eigenvalue weighted by Gasteiger charge is -2.44. The molecule has 3 heterocycles. The monoisotopic (exact) mass is 597 g/mol. The number of amides is 3. The summed E-state index contributed by atoms with van der Waals surface area (Å²) in [4.78, 5) is 48.8. The van der Waals surface area contributed by atoms with E-state index in [9.17, 15) is 19.5 Å². The molecule has 1 aromatic carbocycles. The first-order valence-electron chi connectivity index (χ1n) is 15.1. The van der Waals surface area contributed by atoms with Gasteiger partial charge in [0.05, 0.1) is 35.8 Å². The van der Waals surface area contributed by atoms with E-state index < -0.39 is 34.2 Å². The van der Waals surface area contributed by atoms with Gasteiger partial charge in [-0.05, 0) is 70.7 Å². The van der Waals surface area contributed by atoms with Crippen molar-refractivity contribution in [3.63, 3.8) is 0 Å². The molecular formula is C33H47N3O5S. The summed E-state index contributed by atoms with van der Waals surface area (Å²) >= 11 is 1.64. The van der Waals surface area contributed by atoms with Crippen LogP contribution in [0.5, 0.6) is 5.75 Å². The van der Waals surface area contributed by atoms with Gasteiger partial charge >= 0.3 is 0 Å². The molecule has 0 radical (unpaired) electrons. The van der Waals surface area contributed by atoms with Gasteiger partial charge in [0.25, 0.3) is 0 Å². The number of anilines is 1. The van der Waals surface area contributed by atoms with Gasteiger partial charge in [0.1, 0.15) is 11.8 Å². The number of fused-ring (bicyclic) bond motifs is 1.